The van der Waals surface area contributed by atoms with E-state index in [0.29, 0.717) is 17.4 Å². The van der Waals surface area contributed by atoms with E-state index in [-0.39, 0.29) is 4.90 Å². The van der Waals surface area contributed by atoms with E-state index < -0.39 is 21.7 Å². The third-order valence-electron chi connectivity index (χ3n) is 4.14. The lowest BCUT2D eigenvalue weighted by Gasteiger charge is -2.09. The molecular formula is C21H14F2N2O2S2. The van der Waals surface area contributed by atoms with E-state index >= 15 is 0 Å². The summed E-state index contributed by atoms with van der Waals surface area (Å²) in [6.07, 6.45) is 0. The zero-order chi connectivity index (χ0) is 20.4. The Morgan fingerprint density at radius 1 is 0.828 bits per heavy atom. The summed E-state index contributed by atoms with van der Waals surface area (Å²) in [6.45, 7) is 0. The van der Waals surface area contributed by atoms with Crippen molar-refractivity contribution < 1.29 is 17.2 Å². The van der Waals surface area contributed by atoms with E-state index in [2.05, 4.69) is 9.71 Å². The predicted molar refractivity (Wildman–Crippen MR) is 110 cm³/mol. The lowest BCUT2D eigenvalue weighted by molar-refractivity contribution is 0.504. The Bertz CT molecular complexity index is 1270. The quantitative estimate of drug-likeness (QED) is 0.453. The number of halogens is 2. The van der Waals surface area contributed by atoms with Gasteiger partial charge in [-0.3, -0.25) is 4.72 Å². The van der Waals surface area contributed by atoms with Gasteiger partial charge in [-0.25, -0.2) is 22.2 Å². The minimum atomic E-state index is -4.06. The predicted octanol–water partition coefficient (Wildman–Crippen LogP) is 5.56. The summed E-state index contributed by atoms with van der Waals surface area (Å²) in [7, 11) is -4.06. The molecule has 4 nitrogen and oxygen atoms in total. The molecule has 0 unspecified atom stereocenters. The van der Waals surface area contributed by atoms with Crippen LogP contribution in [0.15, 0.2) is 83.1 Å². The molecule has 0 aliphatic carbocycles. The second-order valence-corrected chi connectivity index (χ2v) is 8.71. The molecule has 3 aromatic carbocycles. The molecule has 0 aliphatic rings. The largest absolute Gasteiger partial charge is 0.280 e. The van der Waals surface area contributed by atoms with Crippen molar-refractivity contribution >= 4 is 27.0 Å². The molecule has 0 bridgehead atoms. The Morgan fingerprint density at radius 2 is 1.59 bits per heavy atom. The number of nitrogens with one attached hydrogen (secondary N) is 1. The summed E-state index contributed by atoms with van der Waals surface area (Å²) < 4.78 is 53.8. The van der Waals surface area contributed by atoms with Crippen LogP contribution in [0.2, 0.25) is 0 Å². The van der Waals surface area contributed by atoms with E-state index in [1.165, 1.54) is 11.3 Å². The molecule has 0 saturated heterocycles. The number of thiazole rings is 1. The van der Waals surface area contributed by atoms with Crippen molar-refractivity contribution in [1.29, 1.82) is 0 Å². The zero-order valence-electron chi connectivity index (χ0n) is 14.8. The van der Waals surface area contributed by atoms with E-state index in [0.717, 1.165) is 28.3 Å². The molecule has 0 aliphatic heterocycles. The second-order valence-electron chi connectivity index (χ2n) is 6.17. The van der Waals surface area contributed by atoms with Crippen molar-refractivity contribution in [2.45, 2.75) is 4.90 Å². The normalized spacial score (nSPS) is 11.4. The average molecular weight is 428 g/mol. The molecular weight excluding hydrogens is 414 g/mol. The van der Waals surface area contributed by atoms with Gasteiger partial charge in [-0.05, 0) is 30.3 Å². The van der Waals surface area contributed by atoms with Gasteiger partial charge in [0.2, 0.25) is 0 Å². The maximum atomic E-state index is 13.4. The van der Waals surface area contributed by atoms with E-state index in [1.54, 1.807) is 18.2 Å². The fourth-order valence-electron chi connectivity index (χ4n) is 2.72. The molecule has 0 amide bonds. The Kier molecular flexibility index (Phi) is 5.12. The van der Waals surface area contributed by atoms with E-state index in [9.17, 15) is 17.2 Å². The van der Waals surface area contributed by atoms with Gasteiger partial charge < -0.3 is 0 Å². The number of benzene rings is 3. The summed E-state index contributed by atoms with van der Waals surface area (Å²) in [4.78, 5) is 4.26. The first kappa shape index (κ1) is 19.2. The van der Waals surface area contributed by atoms with Crippen LogP contribution in [0.3, 0.4) is 0 Å². The lowest BCUT2D eigenvalue weighted by atomic mass is 10.1. The molecule has 0 spiro atoms. The van der Waals surface area contributed by atoms with Gasteiger partial charge in [-0.1, -0.05) is 42.5 Å². The van der Waals surface area contributed by atoms with Crippen LogP contribution in [0.25, 0.3) is 21.8 Å². The molecule has 4 rings (SSSR count). The second kappa shape index (κ2) is 7.73. The average Bonchev–Trinajstić information content (AvgIpc) is 3.21. The summed E-state index contributed by atoms with van der Waals surface area (Å²) in [5, 5.41) is 2.75. The van der Waals surface area contributed by atoms with Gasteiger partial charge in [0.25, 0.3) is 10.0 Å². The van der Waals surface area contributed by atoms with Gasteiger partial charge in [0.05, 0.1) is 10.6 Å². The van der Waals surface area contributed by atoms with Gasteiger partial charge >= 0.3 is 0 Å². The van der Waals surface area contributed by atoms with Crippen molar-refractivity contribution in [2.75, 3.05) is 4.72 Å². The molecule has 0 radical (unpaired) electrons. The minimum Gasteiger partial charge on any atom is -0.280 e. The first-order valence-electron chi connectivity index (χ1n) is 8.52. The van der Waals surface area contributed by atoms with Crippen LogP contribution in [-0.4, -0.2) is 13.4 Å². The zero-order valence-corrected chi connectivity index (χ0v) is 16.5. The van der Waals surface area contributed by atoms with Crippen LogP contribution in [0.1, 0.15) is 0 Å². The fraction of sp³-hybridized carbons (Fsp3) is 0. The lowest BCUT2D eigenvalue weighted by Crippen LogP contribution is -2.13. The smallest absolute Gasteiger partial charge is 0.261 e. The van der Waals surface area contributed by atoms with Crippen LogP contribution in [0, 0.1) is 11.6 Å². The Balaban J connectivity index is 1.61. The molecule has 8 heteroatoms. The number of aromatic nitrogens is 1. The first-order valence-corrected chi connectivity index (χ1v) is 10.9. The third kappa shape index (κ3) is 4.18. The molecule has 146 valence electrons. The van der Waals surface area contributed by atoms with Gasteiger partial charge in [-0.2, -0.15) is 0 Å². The molecule has 29 heavy (non-hydrogen) atoms. The van der Waals surface area contributed by atoms with Crippen molar-refractivity contribution in [3.63, 3.8) is 0 Å². The first-order chi connectivity index (χ1) is 13.9. The monoisotopic (exact) mass is 428 g/mol. The summed E-state index contributed by atoms with van der Waals surface area (Å²) >= 11 is 1.49. The molecule has 1 heterocycles. The molecule has 1 N–H and O–H groups in total. The van der Waals surface area contributed by atoms with Gasteiger partial charge in [0, 0.05) is 22.2 Å². The highest BCUT2D eigenvalue weighted by atomic mass is 32.2. The minimum absolute atomic E-state index is 0.293. The highest BCUT2D eigenvalue weighted by Gasteiger charge is 2.17. The Morgan fingerprint density at radius 3 is 2.34 bits per heavy atom. The SMILES string of the molecule is O=S(=O)(Nc1cccc(-c2csc(-c3ccccc3)n2)c1)c1ccc(F)c(F)c1. The van der Waals surface area contributed by atoms with E-state index in [4.69, 9.17) is 0 Å². The summed E-state index contributed by atoms with van der Waals surface area (Å²) in [6, 6.07) is 18.9. The highest BCUT2D eigenvalue weighted by Crippen LogP contribution is 2.30. The molecule has 0 fully saturated rings. The van der Waals surface area contributed by atoms with Crippen LogP contribution < -0.4 is 4.72 Å². The molecule has 1 aromatic heterocycles. The fourth-order valence-corrected chi connectivity index (χ4v) is 4.62. The molecule has 0 atom stereocenters. The van der Waals surface area contributed by atoms with Crippen molar-refractivity contribution in [3.05, 3.63) is 89.8 Å². The number of anilines is 1. The van der Waals surface area contributed by atoms with Crippen LogP contribution in [-0.2, 0) is 10.0 Å². The molecule has 4 aromatic rings. The number of sulfonamides is 1. The number of hydrogen-bond acceptors (Lipinski definition) is 4. The van der Waals surface area contributed by atoms with Gasteiger partial charge in [-0.15, -0.1) is 11.3 Å². The topological polar surface area (TPSA) is 59.1 Å². The summed E-state index contributed by atoms with van der Waals surface area (Å²) in [5.74, 6) is -2.33. The van der Waals surface area contributed by atoms with Gasteiger partial charge in [0.15, 0.2) is 11.6 Å². The standard InChI is InChI=1S/C21H14F2N2O2S2/c22-18-10-9-17(12-19(18)23)29(26,27)25-16-8-4-7-15(11-16)20-13-28-21(24-20)14-5-2-1-3-6-14/h1-13,25H. The molecule has 0 saturated carbocycles. The van der Waals surface area contributed by atoms with Crippen LogP contribution >= 0.6 is 11.3 Å². The Labute approximate surface area is 170 Å². The van der Waals surface area contributed by atoms with E-state index in [1.807, 2.05) is 41.8 Å². The maximum absolute atomic E-state index is 13.4. The highest BCUT2D eigenvalue weighted by molar-refractivity contribution is 7.92. The van der Waals surface area contributed by atoms with Crippen LogP contribution in [0.5, 0.6) is 0 Å². The van der Waals surface area contributed by atoms with Crippen molar-refractivity contribution in [1.82, 2.24) is 4.98 Å². The van der Waals surface area contributed by atoms with Crippen molar-refractivity contribution in [3.8, 4) is 21.8 Å². The number of hydrogen-bond donors (Lipinski definition) is 1. The van der Waals surface area contributed by atoms with Gasteiger partial charge in [0.1, 0.15) is 5.01 Å². The maximum Gasteiger partial charge on any atom is 0.261 e. The van der Waals surface area contributed by atoms with Crippen LogP contribution in [0.4, 0.5) is 14.5 Å². The summed E-state index contributed by atoms with van der Waals surface area (Å²) in [5.41, 5.74) is 2.73. The Hall–Kier alpha value is -3.10. The number of rotatable bonds is 5. The van der Waals surface area contributed by atoms with Crippen molar-refractivity contribution in [2.24, 2.45) is 0 Å². The third-order valence-corrected chi connectivity index (χ3v) is 6.41. The number of nitrogens with zero attached hydrogens (tertiary/aromatic N) is 1.